The molecule has 0 saturated carbocycles. The molecule has 2 N–H and O–H groups in total. The van der Waals surface area contributed by atoms with Crippen LogP contribution in [0.2, 0.25) is 0 Å². The fraction of sp³-hybridized carbons (Fsp3) is 0.667. The second-order valence-corrected chi connectivity index (χ2v) is 7.40. The quantitative estimate of drug-likeness (QED) is 0.301. The van der Waals surface area contributed by atoms with Gasteiger partial charge in [-0.05, 0) is 43.3 Å². The van der Waals surface area contributed by atoms with Crippen LogP contribution in [-0.4, -0.2) is 57.2 Å². The lowest BCUT2D eigenvalue weighted by atomic mass is 10.1. The maximum Gasteiger partial charge on any atom is 0.190 e. The smallest absolute Gasteiger partial charge is 0.190 e. The molecule has 0 spiro atoms. The molecule has 1 aliphatic rings. The van der Waals surface area contributed by atoms with Crippen molar-refractivity contribution in [2.75, 3.05) is 46.4 Å². The molecule has 1 aromatic carbocycles. The monoisotopic (exact) mass is 488 g/mol. The Labute approximate surface area is 182 Å². The lowest BCUT2D eigenvalue weighted by molar-refractivity contribution is 0.0931. The van der Waals surface area contributed by atoms with E-state index in [4.69, 9.17) is 4.74 Å². The normalized spacial score (nSPS) is 18.8. The number of ether oxygens (including phenoxy) is 1. The summed E-state index contributed by atoms with van der Waals surface area (Å²) in [4.78, 5) is 6.91. The number of halogens is 1. The van der Waals surface area contributed by atoms with Crippen LogP contribution < -0.4 is 10.6 Å². The Hall–Kier alpha value is -0.860. The molecular weight excluding hydrogens is 451 g/mol. The number of nitrogens with zero attached hydrogens (tertiary/aromatic N) is 2. The van der Waals surface area contributed by atoms with Gasteiger partial charge in [0.1, 0.15) is 0 Å². The van der Waals surface area contributed by atoms with E-state index in [-0.39, 0.29) is 24.0 Å². The Kier molecular flexibility index (Phi) is 12.7. The minimum atomic E-state index is 0. The van der Waals surface area contributed by atoms with Crippen LogP contribution in [0.15, 0.2) is 35.3 Å². The summed E-state index contributed by atoms with van der Waals surface area (Å²) in [6.45, 7) is 11.4. The van der Waals surface area contributed by atoms with Gasteiger partial charge in [-0.3, -0.25) is 4.99 Å². The third-order valence-electron chi connectivity index (χ3n) is 4.82. The van der Waals surface area contributed by atoms with Gasteiger partial charge in [-0.25, -0.2) is 0 Å². The predicted molar refractivity (Wildman–Crippen MR) is 125 cm³/mol. The second kappa shape index (κ2) is 14.2. The molecule has 2 rings (SSSR count). The Morgan fingerprint density at radius 1 is 1.30 bits per heavy atom. The molecular formula is C21H37IN4O. The SMILES string of the molecule is CCCN1CCC(CNC(=NC)NCC(C)COCc2ccccc2)C1.I. The number of aliphatic imine (C=N–C) groups is 1. The molecule has 5 nitrogen and oxygen atoms in total. The molecule has 27 heavy (non-hydrogen) atoms. The highest BCUT2D eigenvalue weighted by Crippen LogP contribution is 2.15. The van der Waals surface area contributed by atoms with Crippen LogP contribution in [0.4, 0.5) is 0 Å². The maximum absolute atomic E-state index is 5.82. The summed E-state index contributed by atoms with van der Waals surface area (Å²) in [6.07, 6.45) is 2.53. The zero-order chi connectivity index (χ0) is 18.6. The van der Waals surface area contributed by atoms with Crippen LogP contribution in [0.5, 0.6) is 0 Å². The summed E-state index contributed by atoms with van der Waals surface area (Å²) in [5.41, 5.74) is 1.22. The number of hydrogen-bond donors (Lipinski definition) is 2. The van der Waals surface area contributed by atoms with Crippen molar-refractivity contribution in [3.63, 3.8) is 0 Å². The fourth-order valence-corrected chi connectivity index (χ4v) is 3.34. The van der Waals surface area contributed by atoms with Crippen molar-refractivity contribution < 1.29 is 4.74 Å². The van der Waals surface area contributed by atoms with Gasteiger partial charge >= 0.3 is 0 Å². The average Bonchev–Trinajstić information content (AvgIpc) is 3.10. The van der Waals surface area contributed by atoms with Crippen molar-refractivity contribution in [3.05, 3.63) is 35.9 Å². The molecule has 2 atom stereocenters. The van der Waals surface area contributed by atoms with E-state index in [1.54, 1.807) is 0 Å². The zero-order valence-corrected chi connectivity index (χ0v) is 19.4. The van der Waals surface area contributed by atoms with Gasteiger partial charge in [0.15, 0.2) is 5.96 Å². The first-order valence-electron chi connectivity index (χ1n) is 9.99. The minimum absolute atomic E-state index is 0. The van der Waals surface area contributed by atoms with Crippen molar-refractivity contribution in [1.82, 2.24) is 15.5 Å². The first-order chi connectivity index (χ1) is 12.7. The second-order valence-electron chi connectivity index (χ2n) is 7.40. The number of likely N-dealkylation sites (tertiary alicyclic amines) is 1. The molecule has 154 valence electrons. The zero-order valence-electron chi connectivity index (χ0n) is 17.1. The topological polar surface area (TPSA) is 48.9 Å². The van der Waals surface area contributed by atoms with Crippen LogP contribution in [0.25, 0.3) is 0 Å². The molecule has 1 saturated heterocycles. The van der Waals surface area contributed by atoms with Gasteiger partial charge in [-0.15, -0.1) is 24.0 Å². The van der Waals surface area contributed by atoms with E-state index in [0.29, 0.717) is 12.5 Å². The summed E-state index contributed by atoms with van der Waals surface area (Å²) >= 11 is 0. The van der Waals surface area contributed by atoms with E-state index in [0.717, 1.165) is 31.6 Å². The minimum Gasteiger partial charge on any atom is -0.376 e. The lowest BCUT2D eigenvalue weighted by Crippen LogP contribution is -2.42. The Balaban J connectivity index is 0.00000364. The lowest BCUT2D eigenvalue weighted by Gasteiger charge is -2.18. The highest BCUT2D eigenvalue weighted by Gasteiger charge is 2.21. The molecule has 1 aliphatic heterocycles. The van der Waals surface area contributed by atoms with Crippen molar-refractivity contribution >= 4 is 29.9 Å². The molecule has 0 aliphatic carbocycles. The van der Waals surface area contributed by atoms with Gasteiger partial charge in [0.25, 0.3) is 0 Å². The summed E-state index contributed by atoms with van der Waals surface area (Å²) < 4.78 is 5.82. The van der Waals surface area contributed by atoms with Crippen molar-refractivity contribution in [2.45, 2.75) is 33.3 Å². The van der Waals surface area contributed by atoms with Crippen LogP contribution in [0.3, 0.4) is 0 Å². The first-order valence-corrected chi connectivity index (χ1v) is 9.99. The van der Waals surface area contributed by atoms with E-state index in [9.17, 15) is 0 Å². The van der Waals surface area contributed by atoms with E-state index in [2.05, 4.69) is 46.5 Å². The van der Waals surface area contributed by atoms with Crippen molar-refractivity contribution in [1.29, 1.82) is 0 Å². The Bertz CT molecular complexity index is 526. The number of hydrogen-bond acceptors (Lipinski definition) is 3. The number of rotatable bonds is 10. The molecule has 0 bridgehead atoms. The van der Waals surface area contributed by atoms with E-state index in [1.807, 2.05) is 25.2 Å². The molecule has 1 fully saturated rings. The van der Waals surface area contributed by atoms with E-state index in [1.165, 1.54) is 38.0 Å². The molecule has 1 aromatic rings. The maximum atomic E-state index is 5.82. The molecule has 0 amide bonds. The average molecular weight is 488 g/mol. The van der Waals surface area contributed by atoms with Gasteiger partial charge in [-0.2, -0.15) is 0 Å². The summed E-state index contributed by atoms with van der Waals surface area (Å²) in [5, 5.41) is 6.91. The number of guanidine groups is 1. The number of nitrogens with one attached hydrogen (secondary N) is 2. The molecule has 2 unspecified atom stereocenters. The predicted octanol–water partition coefficient (Wildman–Crippen LogP) is 3.35. The van der Waals surface area contributed by atoms with Gasteiger partial charge in [0.05, 0.1) is 13.2 Å². The van der Waals surface area contributed by atoms with Crippen LogP contribution in [0.1, 0.15) is 32.3 Å². The van der Waals surface area contributed by atoms with Gasteiger partial charge in [0.2, 0.25) is 0 Å². The molecule has 6 heteroatoms. The molecule has 0 radical (unpaired) electrons. The summed E-state index contributed by atoms with van der Waals surface area (Å²) in [6, 6.07) is 10.3. The van der Waals surface area contributed by atoms with Crippen molar-refractivity contribution in [3.8, 4) is 0 Å². The standard InChI is InChI=1S/C21H36N4O.HI/c1-4-11-25-12-10-20(15-25)14-24-21(22-3)23-13-18(2)16-26-17-19-8-6-5-7-9-19;/h5-9,18,20H,4,10-17H2,1-3H3,(H2,22,23,24);1H. The third kappa shape index (κ3) is 9.76. The Morgan fingerprint density at radius 2 is 2.07 bits per heavy atom. The van der Waals surface area contributed by atoms with Gasteiger partial charge in [0, 0.05) is 26.7 Å². The van der Waals surface area contributed by atoms with Crippen LogP contribution >= 0.6 is 24.0 Å². The highest BCUT2D eigenvalue weighted by atomic mass is 127. The molecule has 0 aromatic heterocycles. The highest BCUT2D eigenvalue weighted by molar-refractivity contribution is 14.0. The molecule has 1 heterocycles. The van der Waals surface area contributed by atoms with Crippen LogP contribution in [0, 0.1) is 11.8 Å². The third-order valence-corrected chi connectivity index (χ3v) is 4.82. The fourth-order valence-electron chi connectivity index (χ4n) is 3.34. The largest absolute Gasteiger partial charge is 0.376 e. The first kappa shape index (κ1) is 24.2. The van der Waals surface area contributed by atoms with E-state index < -0.39 is 0 Å². The summed E-state index contributed by atoms with van der Waals surface area (Å²) in [7, 11) is 1.84. The number of benzene rings is 1. The van der Waals surface area contributed by atoms with Crippen molar-refractivity contribution in [2.24, 2.45) is 16.8 Å². The summed E-state index contributed by atoms with van der Waals surface area (Å²) in [5.74, 6) is 2.06. The van der Waals surface area contributed by atoms with Gasteiger partial charge < -0.3 is 20.3 Å². The van der Waals surface area contributed by atoms with Crippen LogP contribution in [-0.2, 0) is 11.3 Å². The Morgan fingerprint density at radius 3 is 2.78 bits per heavy atom. The van der Waals surface area contributed by atoms with Gasteiger partial charge in [-0.1, -0.05) is 44.2 Å². The van der Waals surface area contributed by atoms with E-state index >= 15 is 0 Å².